The standard InChI is InChI=1S/C19H20O4/c1-4-23-19(22)16(17(20)12(2)3)18(21)15-10-9-13-7-5-6-8-14(13)11-15/h5-12,16H,4H2,1-3H3. The molecule has 23 heavy (non-hydrogen) atoms. The van der Waals surface area contributed by atoms with E-state index in [1.807, 2.05) is 30.3 Å². The average molecular weight is 312 g/mol. The molecule has 2 aromatic rings. The number of esters is 1. The van der Waals surface area contributed by atoms with Crippen molar-refractivity contribution in [1.29, 1.82) is 0 Å². The molecule has 2 rings (SSSR count). The van der Waals surface area contributed by atoms with Crippen LogP contribution >= 0.6 is 0 Å². The summed E-state index contributed by atoms with van der Waals surface area (Å²) < 4.78 is 4.92. The first kappa shape index (κ1) is 16.9. The van der Waals surface area contributed by atoms with Crippen LogP contribution < -0.4 is 0 Å². The molecule has 0 aliphatic rings. The van der Waals surface area contributed by atoms with Crippen LogP contribution in [0.5, 0.6) is 0 Å². The minimum absolute atomic E-state index is 0.131. The summed E-state index contributed by atoms with van der Waals surface area (Å²) in [5, 5.41) is 1.88. The van der Waals surface area contributed by atoms with Crippen LogP contribution in [-0.2, 0) is 14.3 Å². The molecule has 0 radical (unpaired) electrons. The van der Waals surface area contributed by atoms with E-state index in [2.05, 4.69) is 0 Å². The van der Waals surface area contributed by atoms with Gasteiger partial charge in [-0.2, -0.15) is 0 Å². The van der Waals surface area contributed by atoms with E-state index >= 15 is 0 Å². The van der Waals surface area contributed by atoms with Crippen LogP contribution in [-0.4, -0.2) is 24.1 Å². The zero-order valence-electron chi connectivity index (χ0n) is 13.5. The number of ether oxygens (including phenoxy) is 1. The van der Waals surface area contributed by atoms with Gasteiger partial charge in [-0.3, -0.25) is 14.4 Å². The highest BCUT2D eigenvalue weighted by molar-refractivity contribution is 6.23. The molecule has 0 aliphatic heterocycles. The molecule has 1 unspecified atom stereocenters. The van der Waals surface area contributed by atoms with E-state index in [1.54, 1.807) is 32.9 Å². The molecule has 120 valence electrons. The average Bonchev–Trinajstić information content (AvgIpc) is 2.54. The van der Waals surface area contributed by atoms with Gasteiger partial charge in [-0.1, -0.05) is 50.2 Å². The largest absolute Gasteiger partial charge is 0.465 e. The highest BCUT2D eigenvalue weighted by Crippen LogP contribution is 2.21. The first-order valence-corrected chi connectivity index (χ1v) is 7.69. The van der Waals surface area contributed by atoms with Crippen LogP contribution in [0.2, 0.25) is 0 Å². The van der Waals surface area contributed by atoms with E-state index in [1.165, 1.54) is 0 Å². The Kier molecular flexibility index (Phi) is 5.27. The van der Waals surface area contributed by atoms with Crippen LogP contribution in [0, 0.1) is 11.8 Å². The second-order valence-corrected chi connectivity index (χ2v) is 5.67. The summed E-state index contributed by atoms with van der Waals surface area (Å²) in [6.45, 7) is 5.12. The van der Waals surface area contributed by atoms with Crippen LogP contribution in [0.3, 0.4) is 0 Å². The van der Waals surface area contributed by atoms with Gasteiger partial charge in [0.25, 0.3) is 0 Å². The fraction of sp³-hybridized carbons (Fsp3) is 0.316. The first-order valence-electron chi connectivity index (χ1n) is 7.69. The zero-order valence-corrected chi connectivity index (χ0v) is 13.5. The van der Waals surface area contributed by atoms with E-state index in [0.29, 0.717) is 5.56 Å². The van der Waals surface area contributed by atoms with Gasteiger partial charge in [0.2, 0.25) is 0 Å². The fourth-order valence-corrected chi connectivity index (χ4v) is 2.42. The molecule has 0 spiro atoms. The van der Waals surface area contributed by atoms with Gasteiger partial charge in [0, 0.05) is 11.5 Å². The summed E-state index contributed by atoms with van der Waals surface area (Å²) in [7, 11) is 0. The highest BCUT2D eigenvalue weighted by Gasteiger charge is 2.36. The van der Waals surface area contributed by atoms with Gasteiger partial charge in [-0.15, -0.1) is 0 Å². The van der Waals surface area contributed by atoms with Crippen molar-refractivity contribution in [1.82, 2.24) is 0 Å². The SMILES string of the molecule is CCOC(=O)C(C(=O)c1ccc2ccccc2c1)C(=O)C(C)C. The van der Waals surface area contributed by atoms with Gasteiger partial charge in [0.15, 0.2) is 17.5 Å². The van der Waals surface area contributed by atoms with Crippen molar-refractivity contribution in [3.63, 3.8) is 0 Å². The Morgan fingerprint density at radius 1 is 1.00 bits per heavy atom. The molecule has 0 bridgehead atoms. The molecule has 4 heteroatoms. The number of carbonyl (C=O) groups is 3. The van der Waals surface area contributed by atoms with E-state index in [4.69, 9.17) is 4.74 Å². The van der Waals surface area contributed by atoms with Crippen molar-refractivity contribution in [2.75, 3.05) is 6.61 Å². The van der Waals surface area contributed by atoms with Crippen molar-refractivity contribution in [3.05, 3.63) is 48.0 Å². The molecule has 0 saturated carbocycles. The predicted octanol–water partition coefficient (Wildman–Crippen LogP) is 3.43. The minimum atomic E-state index is -1.39. The van der Waals surface area contributed by atoms with E-state index in [9.17, 15) is 14.4 Å². The summed E-state index contributed by atoms with van der Waals surface area (Å²) in [6.07, 6.45) is 0. The van der Waals surface area contributed by atoms with Crippen molar-refractivity contribution in [2.24, 2.45) is 11.8 Å². The van der Waals surface area contributed by atoms with Gasteiger partial charge in [-0.05, 0) is 23.8 Å². The minimum Gasteiger partial charge on any atom is -0.465 e. The number of fused-ring (bicyclic) bond motifs is 1. The number of hydrogen-bond donors (Lipinski definition) is 0. The number of ketones is 2. The summed E-state index contributed by atoms with van der Waals surface area (Å²) in [4.78, 5) is 37.1. The monoisotopic (exact) mass is 312 g/mol. The van der Waals surface area contributed by atoms with Gasteiger partial charge < -0.3 is 4.74 Å². The highest BCUT2D eigenvalue weighted by atomic mass is 16.5. The molecular formula is C19H20O4. The topological polar surface area (TPSA) is 60.4 Å². The molecule has 0 heterocycles. The second-order valence-electron chi connectivity index (χ2n) is 5.67. The molecule has 0 aromatic heterocycles. The number of rotatable bonds is 6. The summed E-state index contributed by atoms with van der Waals surface area (Å²) in [5.41, 5.74) is 0.343. The van der Waals surface area contributed by atoms with Crippen molar-refractivity contribution >= 4 is 28.3 Å². The molecule has 1 atom stereocenters. The van der Waals surface area contributed by atoms with Crippen LogP contribution in [0.25, 0.3) is 10.8 Å². The molecule has 0 N–H and O–H groups in total. The fourth-order valence-electron chi connectivity index (χ4n) is 2.42. The van der Waals surface area contributed by atoms with Crippen molar-refractivity contribution in [2.45, 2.75) is 20.8 Å². The molecule has 2 aromatic carbocycles. The van der Waals surface area contributed by atoms with Crippen molar-refractivity contribution < 1.29 is 19.1 Å². The van der Waals surface area contributed by atoms with E-state index < -0.39 is 29.4 Å². The van der Waals surface area contributed by atoms with Gasteiger partial charge in [0.1, 0.15) is 0 Å². The Morgan fingerprint density at radius 2 is 1.65 bits per heavy atom. The molecule has 4 nitrogen and oxygen atoms in total. The Labute approximate surface area is 135 Å². The zero-order chi connectivity index (χ0) is 17.0. The number of benzene rings is 2. The predicted molar refractivity (Wildman–Crippen MR) is 88.2 cm³/mol. The Hall–Kier alpha value is -2.49. The third kappa shape index (κ3) is 3.65. The number of carbonyl (C=O) groups excluding carboxylic acids is 3. The third-order valence-corrected chi connectivity index (χ3v) is 3.67. The maximum absolute atomic E-state index is 12.7. The van der Waals surface area contributed by atoms with E-state index in [-0.39, 0.29) is 6.61 Å². The summed E-state index contributed by atoms with van der Waals surface area (Å²) >= 11 is 0. The van der Waals surface area contributed by atoms with Crippen LogP contribution in [0.15, 0.2) is 42.5 Å². The molecule has 0 aliphatic carbocycles. The molecule has 0 amide bonds. The van der Waals surface area contributed by atoms with Gasteiger partial charge >= 0.3 is 5.97 Å². The Bertz CT molecular complexity index is 746. The molecule has 0 fully saturated rings. The van der Waals surface area contributed by atoms with E-state index in [0.717, 1.165) is 10.8 Å². The lowest BCUT2D eigenvalue weighted by atomic mass is 9.88. The maximum Gasteiger partial charge on any atom is 0.324 e. The van der Waals surface area contributed by atoms with Crippen LogP contribution in [0.1, 0.15) is 31.1 Å². The Morgan fingerprint density at radius 3 is 2.26 bits per heavy atom. The number of hydrogen-bond acceptors (Lipinski definition) is 4. The second kappa shape index (κ2) is 7.18. The lowest BCUT2D eigenvalue weighted by Crippen LogP contribution is -2.36. The maximum atomic E-state index is 12.7. The van der Waals surface area contributed by atoms with Gasteiger partial charge in [0.05, 0.1) is 6.61 Å². The van der Waals surface area contributed by atoms with Crippen molar-refractivity contribution in [3.8, 4) is 0 Å². The lowest BCUT2D eigenvalue weighted by molar-refractivity contribution is -0.150. The summed E-state index contributed by atoms with van der Waals surface area (Å²) in [6, 6.07) is 12.8. The summed E-state index contributed by atoms with van der Waals surface area (Å²) in [5.74, 6) is -3.51. The smallest absolute Gasteiger partial charge is 0.324 e. The number of Topliss-reactive ketones (excluding diaryl/α,β-unsaturated/α-hetero) is 2. The van der Waals surface area contributed by atoms with Crippen LogP contribution in [0.4, 0.5) is 0 Å². The molecular weight excluding hydrogens is 292 g/mol. The van der Waals surface area contributed by atoms with Gasteiger partial charge in [-0.25, -0.2) is 0 Å². The normalized spacial score (nSPS) is 12.2. The molecule has 0 saturated heterocycles. The third-order valence-electron chi connectivity index (χ3n) is 3.67. The lowest BCUT2D eigenvalue weighted by Gasteiger charge is -2.16. The quantitative estimate of drug-likeness (QED) is 0.466. The first-order chi connectivity index (χ1) is 11.0. The Balaban J connectivity index is 2.41.